The van der Waals surface area contributed by atoms with Crippen LogP contribution < -0.4 is 9.46 Å². The van der Waals surface area contributed by atoms with E-state index in [4.69, 9.17) is 9.47 Å². The number of nitrogens with one attached hydrogen (secondary N) is 1. The molecule has 0 radical (unpaired) electrons. The molecule has 1 saturated carbocycles. The highest BCUT2D eigenvalue weighted by Crippen LogP contribution is 2.55. The molecule has 7 heteroatoms. The van der Waals surface area contributed by atoms with E-state index < -0.39 is 15.9 Å². The number of amides is 1. The van der Waals surface area contributed by atoms with Crippen LogP contribution in [0.1, 0.15) is 56.9 Å². The van der Waals surface area contributed by atoms with Gasteiger partial charge in [-0.15, -0.1) is 0 Å². The largest absolute Gasteiger partial charge is 0.457 e. The fraction of sp³-hybridized carbons (Fsp3) is 0.480. The summed E-state index contributed by atoms with van der Waals surface area (Å²) in [4.78, 5) is 11.7. The van der Waals surface area contributed by atoms with E-state index in [1.807, 2.05) is 47.2 Å². The molecule has 1 N–H and O–H groups in total. The summed E-state index contributed by atoms with van der Waals surface area (Å²) in [5.41, 5.74) is 1.11. The SMILES string of the molecule is CS(=O)(=O)NC(=O)CCCCC12CCC(c3cccc(Oc4ccccc4)c3)(CC1)OC2. The van der Waals surface area contributed by atoms with Crippen LogP contribution in [0, 0.1) is 5.41 Å². The number of para-hydroxylation sites is 1. The Morgan fingerprint density at radius 3 is 2.38 bits per heavy atom. The van der Waals surface area contributed by atoms with Crippen LogP contribution in [0.2, 0.25) is 0 Å². The van der Waals surface area contributed by atoms with Crippen molar-refractivity contribution in [3.63, 3.8) is 0 Å². The number of hydrogen-bond donors (Lipinski definition) is 1. The van der Waals surface area contributed by atoms with Gasteiger partial charge in [-0.3, -0.25) is 9.52 Å². The first-order valence-electron chi connectivity index (χ1n) is 11.3. The molecular weight excluding hydrogens is 426 g/mol. The minimum Gasteiger partial charge on any atom is -0.457 e. The van der Waals surface area contributed by atoms with Gasteiger partial charge < -0.3 is 9.47 Å². The molecule has 5 rings (SSSR count). The number of carbonyl (C=O) groups excluding carboxylic acids is 1. The van der Waals surface area contributed by atoms with Gasteiger partial charge in [-0.2, -0.15) is 0 Å². The lowest BCUT2D eigenvalue weighted by molar-refractivity contribution is -0.191. The molecule has 2 saturated heterocycles. The van der Waals surface area contributed by atoms with Crippen LogP contribution in [0.25, 0.3) is 0 Å². The normalized spacial score (nSPS) is 24.8. The van der Waals surface area contributed by atoms with Crippen molar-refractivity contribution in [2.45, 2.75) is 57.0 Å². The van der Waals surface area contributed by atoms with E-state index in [-0.39, 0.29) is 17.4 Å². The van der Waals surface area contributed by atoms with Crippen LogP contribution in [-0.2, 0) is 25.2 Å². The molecule has 0 aromatic heterocycles. The van der Waals surface area contributed by atoms with E-state index in [2.05, 4.69) is 12.1 Å². The minimum atomic E-state index is -3.47. The number of ether oxygens (including phenoxy) is 2. The second-order valence-electron chi connectivity index (χ2n) is 9.23. The Morgan fingerprint density at radius 1 is 1.00 bits per heavy atom. The van der Waals surface area contributed by atoms with Gasteiger partial charge in [0, 0.05) is 6.42 Å². The summed E-state index contributed by atoms with van der Waals surface area (Å²) in [6.07, 6.45) is 8.00. The number of sulfonamides is 1. The van der Waals surface area contributed by atoms with Gasteiger partial charge in [0.25, 0.3) is 0 Å². The summed E-state index contributed by atoms with van der Waals surface area (Å²) in [5, 5.41) is 0. The molecule has 3 fully saturated rings. The molecular formula is C25H31NO5S. The molecule has 2 bridgehead atoms. The molecule has 6 nitrogen and oxygen atoms in total. The molecule has 0 unspecified atom stereocenters. The number of rotatable bonds is 9. The summed E-state index contributed by atoms with van der Waals surface area (Å²) in [6, 6.07) is 18.0. The first-order chi connectivity index (χ1) is 15.3. The van der Waals surface area contributed by atoms with Gasteiger partial charge in [0.15, 0.2) is 0 Å². The number of carbonyl (C=O) groups is 1. The quantitative estimate of drug-likeness (QED) is 0.542. The van der Waals surface area contributed by atoms with Gasteiger partial charge >= 0.3 is 0 Å². The molecule has 2 heterocycles. The van der Waals surface area contributed by atoms with Crippen molar-refractivity contribution in [2.75, 3.05) is 12.9 Å². The van der Waals surface area contributed by atoms with E-state index in [0.29, 0.717) is 6.42 Å². The van der Waals surface area contributed by atoms with Crippen molar-refractivity contribution in [3.8, 4) is 11.5 Å². The predicted molar refractivity (Wildman–Crippen MR) is 123 cm³/mol. The Bertz CT molecular complexity index is 1030. The molecule has 2 aromatic rings. The van der Waals surface area contributed by atoms with Crippen LogP contribution in [0.15, 0.2) is 54.6 Å². The van der Waals surface area contributed by atoms with Crippen molar-refractivity contribution in [1.82, 2.24) is 4.72 Å². The highest BCUT2D eigenvalue weighted by atomic mass is 32.2. The summed E-state index contributed by atoms with van der Waals surface area (Å²) >= 11 is 0. The van der Waals surface area contributed by atoms with Gasteiger partial charge in [-0.05, 0) is 73.8 Å². The van der Waals surface area contributed by atoms with E-state index in [1.54, 1.807) is 0 Å². The van der Waals surface area contributed by atoms with E-state index in [0.717, 1.165) is 62.9 Å². The topological polar surface area (TPSA) is 81.7 Å². The molecule has 32 heavy (non-hydrogen) atoms. The first kappa shape index (κ1) is 22.8. The highest BCUT2D eigenvalue weighted by Gasteiger charge is 2.50. The van der Waals surface area contributed by atoms with Crippen molar-refractivity contribution < 1.29 is 22.7 Å². The molecule has 1 amide bonds. The van der Waals surface area contributed by atoms with Gasteiger partial charge in [0.2, 0.25) is 15.9 Å². The van der Waals surface area contributed by atoms with Crippen LogP contribution in [0.5, 0.6) is 11.5 Å². The Hall–Kier alpha value is -2.38. The lowest BCUT2D eigenvalue weighted by Crippen LogP contribution is -2.49. The van der Waals surface area contributed by atoms with E-state index >= 15 is 0 Å². The second kappa shape index (κ2) is 9.24. The van der Waals surface area contributed by atoms with Gasteiger partial charge in [-0.1, -0.05) is 36.8 Å². The van der Waals surface area contributed by atoms with Crippen molar-refractivity contribution >= 4 is 15.9 Å². The van der Waals surface area contributed by atoms with Crippen LogP contribution in [0.4, 0.5) is 0 Å². The smallest absolute Gasteiger partial charge is 0.233 e. The second-order valence-corrected chi connectivity index (χ2v) is 11.0. The monoisotopic (exact) mass is 457 g/mol. The maximum absolute atomic E-state index is 11.7. The maximum Gasteiger partial charge on any atom is 0.233 e. The standard InChI is InChI=1S/C25H31NO5S/c1-32(28,29)26-23(27)12-5-6-13-24-14-16-25(17-15-24,30-19-24)20-8-7-11-22(18-20)31-21-9-3-2-4-10-21/h2-4,7-11,18H,5-6,12-17,19H2,1H3,(H,26,27). The molecule has 2 aromatic carbocycles. The van der Waals surface area contributed by atoms with E-state index in [1.165, 1.54) is 5.56 Å². The molecule has 2 aliphatic heterocycles. The molecule has 172 valence electrons. The van der Waals surface area contributed by atoms with Gasteiger partial charge in [-0.25, -0.2) is 8.42 Å². The average molecular weight is 458 g/mol. The lowest BCUT2D eigenvalue weighted by Gasteiger charge is -2.53. The number of hydrogen-bond acceptors (Lipinski definition) is 5. The van der Waals surface area contributed by atoms with Crippen LogP contribution in [-0.4, -0.2) is 27.2 Å². The molecule has 0 atom stereocenters. The zero-order valence-electron chi connectivity index (χ0n) is 18.5. The Balaban J connectivity index is 1.31. The van der Waals surface area contributed by atoms with Crippen molar-refractivity contribution in [2.24, 2.45) is 5.41 Å². The van der Waals surface area contributed by atoms with Gasteiger partial charge in [0.05, 0.1) is 18.5 Å². The number of unbranched alkanes of at least 4 members (excludes halogenated alkanes) is 1. The Kier molecular flexibility index (Phi) is 6.58. The summed E-state index contributed by atoms with van der Waals surface area (Å²) in [7, 11) is -3.47. The van der Waals surface area contributed by atoms with Gasteiger partial charge in [0.1, 0.15) is 11.5 Å². The summed E-state index contributed by atoms with van der Waals surface area (Å²) in [6.45, 7) is 0.728. The minimum absolute atomic E-state index is 0.174. The molecule has 0 spiro atoms. The van der Waals surface area contributed by atoms with Crippen molar-refractivity contribution in [3.05, 3.63) is 60.2 Å². The third-order valence-electron chi connectivity index (χ3n) is 6.77. The van der Waals surface area contributed by atoms with Crippen molar-refractivity contribution in [1.29, 1.82) is 0 Å². The summed E-state index contributed by atoms with van der Waals surface area (Å²) in [5.74, 6) is 1.21. The van der Waals surface area contributed by atoms with Crippen LogP contribution >= 0.6 is 0 Å². The third-order valence-corrected chi connectivity index (χ3v) is 7.37. The third kappa shape index (κ3) is 5.51. The fourth-order valence-electron chi connectivity index (χ4n) is 4.97. The summed E-state index contributed by atoms with van der Waals surface area (Å²) < 4.78 is 36.8. The number of benzene rings is 2. The van der Waals surface area contributed by atoms with Crippen LogP contribution in [0.3, 0.4) is 0 Å². The lowest BCUT2D eigenvalue weighted by atomic mass is 9.62. The zero-order chi connectivity index (χ0) is 22.7. The highest BCUT2D eigenvalue weighted by molar-refractivity contribution is 7.89. The average Bonchev–Trinajstić information content (AvgIpc) is 2.78. The fourth-order valence-corrected chi connectivity index (χ4v) is 5.48. The predicted octanol–water partition coefficient (Wildman–Crippen LogP) is 4.90. The zero-order valence-corrected chi connectivity index (χ0v) is 19.3. The Morgan fingerprint density at radius 2 is 1.72 bits per heavy atom. The molecule has 1 aliphatic carbocycles. The molecule has 3 aliphatic rings. The van der Waals surface area contributed by atoms with E-state index in [9.17, 15) is 13.2 Å². The Labute approximate surface area is 190 Å². The maximum atomic E-state index is 11.7. The first-order valence-corrected chi connectivity index (χ1v) is 13.1. The number of fused-ring (bicyclic) bond motifs is 3.